The van der Waals surface area contributed by atoms with E-state index in [1.54, 1.807) is 6.92 Å². The Morgan fingerprint density at radius 3 is 2.46 bits per heavy atom. The Morgan fingerprint density at radius 1 is 1.14 bits per heavy atom. The van der Waals surface area contributed by atoms with Crippen molar-refractivity contribution in [3.05, 3.63) is 46.3 Å². The van der Waals surface area contributed by atoms with Crippen LogP contribution in [0.15, 0.2) is 27.6 Å². The number of aryl methyl sites for hydroxylation is 4. The van der Waals surface area contributed by atoms with Gasteiger partial charge in [-0.2, -0.15) is 4.72 Å². The molecule has 2 N–H and O–H groups in total. The van der Waals surface area contributed by atoms with Crippen molar-refractivity contribution in [2.75, 3.05) is 0 Å². The van der Waals surface area contributed by atoms with Crippen molar-refractivity contribution in [2.45, 2.75) is 70.4 Å². The molecule has 0 unspecified atom stereocenters. The van der Waals surface area contributed by atoms with Crippen LogP contribution < -0.4 is 10.0 Å². The second-order valence-electron chi connectivity index (χ2n) is 7.46. The Balaban J connectivity index is 1.67. The molecule has 1 aromatic carbocycles. The summed E-state index contributed by atoms with van der Waals surface area (Å²) in [4.78, 5) is 12.5. The van der Waals surface area contributed by atoms with E-state index in [0.29, 0.717) is 0 Å². The third-order valence-electron chi connectivity index (χ3n) is 5.19. The summed E-state index contributed by atoms with van der Waals surface area (Å²) in [5.41, 5.74) is 4.01. The van der Waals surface area contributed by atoms with Crippen LogP contribution in [-0.2, 0) is 27.7 Å². The van der Waals surface area contributed by atoms with E-state index in [1.165, 1.54) is 37.8 Å². The van der Waals surface area contributed by atoms with Crippen LogP contribution in [-0.4, -0.2) is 25.5 Å². The van der Waals surface area contributed by atoms with Gasteiger partial charge < -0.3 is 9.84 Å². The van der Waals surface area contributed by atoms with E-state index in [0.717, 1.165) is 18.4 Å². The average Bonchev–Trinajstić information content (AvgIpc) is 3.00. The zero-order chi connectivity index (χ0) is 20.5. The lowest BCUT2D eigenvalue weighted by atomic mass is 9.89. The van der Waals surface area contributed by atoms with E-state index in [4.69, 9.17) is 4.52 Å². The van der Waals surface area contributed by atoms with E-state index in [-0.39, 0.29) is 28.3 Å². The molecule has 0 aliphatic heterocycles. The van der Waals surface area contributed by atoms with Gasteiger partial charge in [-0.15, -0.1) is 0 Å². The first-order valence-electron chi connectivity index (χ1n) is 9.56. The molecule has 1 aliphatic rings. The van der Waals surface area contributed by atoms with Crippen molar-refractivity contribution < 1.29 is 17.7 Å². The summed E-state index contributed by atoms with van der Waals surface area (Å²) in [6.45, 7) is 6.49. The van der Waals surface area contributed by atoms with Gasteiger partial charge >= 0.3 is 0 Å². The molecule has 2 aromatic rings. The average molecular weight is 406 g/mol. The molecule has 0 fully saturated rings. The predicted octanol–water partition coefficient (Wildman–Crippen LogP) is 2.71. The highest BCUT2D eigenvalue weighted by Gasteiger charge is 2.28. The molecule has 0 saturated heterocycles. The second-order valence-corrected chi connectivity index (χ2v) is 9.11. The van der Waals surface area contributed by atoms with Gasteiger partial charge in [-0.05, 0) is 70.1 Å². The fourth-order valence-electron chi connectivity index (χ4n) is 3.65. The van der Waals surface area contributed by atoms with Gasteiger partial charge in [-0.1, -0.05) is 23.4 Å². The lowest BCUT2D eigenvalue weighted by Gasteiger charge is -2.21. The van der Waals surface area contributed by atoms with Crippen molar-refractivity contribution in [1.29, 1.82) is 0 Å². The second kappa shape index (κ2) is 8.05. The van der Waals surface area contributed by atoms with Crippen LogP contribution in [0.25, 0.3) is 0 Å². The van der Waals surface area contributed by atoms with Crippen LogP contribution in [0.5, 0.6) is 0 Å². The molecule has 152 valence electrons. The SMILES string of the molecule is Cc1noc(C)c1S(=O)(=O)N[C@@H](C)C(=O)N[C@H](C)c1ccc2c(c1)CCCC2. The third kappa shape index (κ3) is 4.28. The van der Waals surface area contributed by atoms with Crippen LogP contribution in [0.2, 0.25) is 0 Å². The first kappa shape index (κ1) is 20.5. The summed E-state index contributed by atoms with van der Waals surface area (Å²) in [6, 6.07) is 5.17. The molecule has 0 spiro atoms. The standard InChI is InChI=1S/C20H27N3O4S/c1-12(17-10-9-16-7-5-6-8-18(16)11-17)21-20(24)14(3)23-28(25,26)19-13(2)22-27-15(19)4/h9-12,14,23H,5-8H2,1-4H3,(H,21,24)/t12-,14+/m1/s1. The lowest BCUT2D eigenvalue weighted by molar-refractivity contribution is -0.123. The Hall–Kier alpha value is -2.19. The Kier molecular flexibility index (Phi) is 5.90. The first-order valence-corrected chi connectivity index (χ1v) is 11.0. The molecule has 0 radical (unpaired) electrons. The molecule has 7 nitrogen and oxygen atoms in total. The van der Waals surface area contributed by atoms with Crippen molar-refractivity contribution >= 4 is 15.9 Å². The summed E-state index contributed by atoms with van der Waals surface area (Å²) >= 11 is 0. The van der Waals surface area contributed by atoms with E-state index in [2.05, 4.69) is 27.3 Å². The Morgan fingerprint density at radius 2 is 1.82 bits per heavy atom. The van der Waals surface area contributed by atoms with Crippen LogP contribution in [0, 0.1) is 13.8 Å². The summed E-state index contributed by atoms with van der Waals surface area (Å²) in [6.07, 6.45) is 4.59. The van der Waals surface area contributed by atoms with Crippen molar-refractivity contribution in [2.24, 2.45) is 0 Å². The number of nitrogens with zero attached hydrogens (tertiary/aromatic N) is 1. The molecule has 1 aliphatic carbocycles. The summed E-state index contributed by atoms with van der Waals surface area (Å²) in [7, 11) is -3.90. The first-order chi connectivity index (χ1) is 13.2. The number of benzene rings is 1. The topological polar surface area (TPSA) is 101 Å². The highest BCUT2D eigenvalue weighted by molar-refractivity contribution is 7.89. The number of hydrogen-bond donors (Lipinski definition) is 2. The Bertz CT molecular complexity index is 962. The van der Waals surface area contributed by atoms with Gasteiger partial charge in [-0.25, -0.2) is 8.42 Å². The number of aromatic nitrogens is 1. The molecular weight excluding hydrogens is 378 g/mol. The fourth-order valence-corrected chi connectivity index (χ4v) is 5.18. The van der Waals surface area contributed by atoms with Gasteiger partial charge in [0.25, 0.3) is 0 Å². The summed E-state index contributed by atoms with van der Waals surface area (Å²) in [5, 5.41) is 6.56. The minimum atomic E-state index is -3.90. The van der Waals surface area contributed by atoms with Crippen LogP contribution in [0.3, 0.4) is 0 Å². The zero-order valence-corrected chi connectivity index (χ0v) is 17.5. The third-order valence-corrected chi connectivity index (χ3v) is 6.98. The maximum absolute atomic E-state index is 12.6. The van der Waals surface area contributed by atoms with E-state index >= 15 is 0 Å². The van der Waals surface area contributed by atoms with Gasteiger partial charge in [0.2, 0.25) is 15.9 Å². The number of rotatable bonds is 6. The highest BCUT2D eigenvalue weighted by Crippen LogP contribution is 2.25. The highest BCUT2D eigenvalue weighted by atomic mass is 32.2. The summed E-state index contributed by atoms with van der Waals surface area (Å²) < 4.78 is 32.5. The number of fused-ring (bicyclic) bond motifs is 1. The molecule has 1 heterocycles. The van der Waals surface area contributed by atoms with E-state index in [9.17, 15) is 13.2 Å². The van der Waals surface area contributed by atoms with Gasteiger partial charge in [0, 0.05) is 0 Å². The van der Waals surface area contributed by atoms with Gasteiger partial charge in [0.05, 0.1) is 12.1 Å². The number of amides is 1. The number of carbonyl (C=O) groups excluding carboxylic acids is 1. The van der Waals surface area contributed by atoms with Crippen LogP contribution in [0.4, 0.5) is 0 Å². The molecule has 3 rings (SSSR count). The monoisotopic (exact) mass is 405 g/mol. The predicted molar refractivity (Wildman–Crippen MR) is 105 cm³/mol. The van der Waals surface area contributed by atoms with E-state index < -0.39 is 16.1 Å². The number of carbonyl (C=O) groups is 1. The number of sulfonamides is 1. The molecule has 0 saturated carbocycles. The minimum Gasteiger partial charge on any atom is -0.360 e. The lowest BCUT2D eigenvalue weighted by Crippen LogP contribution is -2.45. The van der Waals surface area contributed by atoms with Gasteiger partial charge in [0.15, 0.2) is 5.76 Å². The fraction of sp³-hybridized carbons (Fsp3) is 0.500. The molecule has 2 atom stereocenters. The van der Waals surface area contributed by atoms with Gasteiger partial charge in [0.1, 0.15) is 10.6 Å². The maximum atomic E-state index is 12.6. The number of nitrogens with one attached hydrogen (secondary N) is 2. The van der Waals surface area contributed by atoms with E-state index in [1.807, 2.05) is 13.0 Å². The van der Waals surface area contributed by atoms with Crippen LogP contribution >= 0.6 is 0 Å². The zero-order valence-electron chi connectivity index (χ0n) is 16.7. The molecule has 28 heavy (non-hydrogen) atoms. The Labute approximate surface area is 165 Å². The normalized spacial score (nSPS) is 16.3. The molecule has 0 bridgehead atoms. The molecule has 1 aromatic heterocycles. The van der Waals surface area contributed by atoms with Crippen molar-refractivity contribution in [1.82, 2.24) is 15.2 Å². The minimum absolute atomic E-state index is 0.0186. The summed E-state index contributed by atoms with van der Waals surface area (Å²) in [5.74, 6) is -0.194. The van der Waals surface area contributed by atoms with Gasteiger partial charge in [-0.3, -0.25) is 4.79 Å². The molecule has 1 amide bonds. The molecule has 8 heteroatoms. The maximum Gasteiger partial charge on any atom is 0.246 e. The number of hydrogen-bond acceptors (Lipinski definition) is 5. The quantitative estimate of drug-likeness (QED) is 0.769. The molecular formula is C20H27N3O4S. The van der Waals surface area contributed by atoms with Crippen molar-refractivity contribution in [3.63, 3.8) is 0 Å². The van der Waals surface area contributed by atoms with Crippen molar-refractivity contribution in [3.8, 4) is 0 Å². The largest absolute Gasteiger partial charge is 0.360 e. The smallest absolute Gasteiger partial charge is 0.246 e. The van der Waals surface area contributed by atoms with Crippen LogP contribution in [0.1, 0.15) is 60.9 Å².